The van der Waals surface area contributed by atoms with Gasteiger partial charge in [-0.1, -0.05) is 0 Å². The highest BCUT2D eigenvalue weighted by atomic mass is 79.9. The molecule has 0 amide bonds. The third-order valence-corrected chi connectivity index (χ3v) is 3.41. The Kier molecular flexibility index (Phi) is 2.40. The van der Waals surface area contributed by atoms with Gasteiger partial charge in [0, 0.05) is 34.6 Å². The highest BCUT2D eigenvalue weighted by Crippen LogP contribution is 2.33. The van der Waals surface area contributed by atoms with Crippen LogP contribution in [0.1, 0.15) is 17.7 Å². The molecule has 2 aromatic rings. The van der Waals surface area contributed by atoms with Crippen LogP contribution in [-0.4, -0.2) is 15.9 Å². The van der Waals surface area contributed by atoms with E-state index in [9.17, 15) is 8.78 Å². The Morgan fingerprint density at radius 2 is 2.12 bits per heavy atom. The lowest BCUT2D eigenvalue weighted by Gasteiger charge is -2.23. The van der Waals surface area contributed by atoms with Crippen molar-refractivity contribution in [3.05, 3.63) is 34.1 Å². The zero-order chi connectivity index (χ0) is 12.0. The summed E-state index contributed by atoms with van der Waals surface area (Å²) in [6, 6.07) is 3.63. The highest BCUT2D eigenvalue weighted by Gasteiger charge is 2.34. The summed E-state index contributed by atoms with van der Waals surface area (Å²) >= 11 is 3.31. The summed E-state index contributed by atoms with van der Waals surface area (Å²) in [5.41, 5.74) is 2.03. The third-order valence-electron chi connectivity index (χ3n) is 2.98. The molecular weight excluding hydrogens is 290 g/mol. The molecule has 0 radical (unpaired) electrons. The first-order chi connectivity index (χ1) is 8.03. The number of nitrogens with zero attached hydrogens (tertiary/aromatic N) is 2. The van der Waals surface area contributed by atoms with Gasteiger partial charge in [0.15, 0.2) is 5.65 Å². The molecule has 0 saturated heterocycles. The largest absolute Gasteiger partial charge is 0.252 e. The molecular formula is C12H9BrF2N2. The van der Waals surface area contributed by atoms with Crippen LogP contribution in [0.15, 0.2) is 22.8 Å². The Balaban J connectivity index is 2.17. The number of halogens is 3. The lowest BCUT2D eigenvalue weighted by atomic mass is 9.92. The van der Waals surface area contributed by atoms with Gasteiger partial charge in [-0.05, 0) is 40.0 Å². The molecule has 0 spiro atoms. The molecule has 2 nitrogen and oxygen atoms in total. The summed E-state index contributed by atoms with van der Waals surface area (Å²) in [5.74, 6) is -2.60. The number of pyridine rings is 2. The van der Waals surface area contributed by atoms with Gasteiger partial charge in [-0.3, -0.25) is 0 Å². The van der Waals surface area contributed by atoms with Crippen LogP contribution >= 0.6 is 15.9 Å². The van der Waals surface area contributed by atoms with Gasteiger partial charge in [-0.15, -0.1) is 0 Å². The minimum atomic E-state index is -2.60. The van der Waals surface area contributed by atoms with E-state index in [-0.39, 0.29) is 12.8 Å². The quantitative estimate of drug-likeness (QED) is 0.744. The SMILES string of the molecule is FC1(F)CCc2nc3ncc(Br)cc3cc2C1. The van der Waals surface area contributed by atoms with Gasteiger partial charge in [0.05, 0.1) is 0 Å². The molecule has 0 aromatic carbocycles. The lowest BCUT2D eigenvalue weighted by molar-refractivity contribution is -0.0127. The zero-order valence-corrected chi connectivity index (χ0v) is 10.5. The molecule has 17 heavy (non-hydrogen) atoms. The maximum atomic E-state index is 13.3. The summed E-state index contributed by atoms with van der Waals surface area (Å²) in [4.78, 5) is 8.54. The highest BCUT2D eigenvalue weighted by molar-refractivity contribution is 9.10. The van der Waals surface area contributed by atoms with Crippen LogP contribution in [-0.2, 0) is 12.8 Å². The predicted octanol–water partition coefficient (Wildman–Crippen LogP) is 3.52. The average molecular weight is 299 g/mol. The van der Waals surface area contributed by atoms with Crippen LogP contribution in [0.3, 0.4) is 0 Å². The van der Waals surface area contributed by atoms with Crippen molar-refractivity contribution in [2.45, 2.75) is 25.2 Å². The molecule has 2 heterocycles. The van der Waals surface area contributed by atoms with Gasteiger partial charge in [0.2, 0.25) is 0 Å². The molecule has 0 unspecified atom stereocenters. The van der Waals surface area contributed by atoms with E-state index in [0.717, 1.165) is 15.6 Å². The predicted molar refractivity (Wildman–Crippen MR) is 64.2 cm³/mol. The molecule has 3 rings (SSSR count). The van der Waals surface area contributed by atoms with E-state index in [4.69, 9.17) is 0 Å². The van der Waals surface area contributed by atoms with Gasteiger partial charge in [0.1, 0.15) is 0 Å². The van der Waals surface area contributed by atoms with Gasteiger partial charge < -0.3 is 0 Å². The van der Waals surface area contributed by atoms with Crippen LogP contribution in [0.5, 0.6) is 0 Å². The van der Waals surface area contributed by atoms with Crippen molar-refractivity contribution in [3.8, 4) is 0 Å². The summed E-state index contributed by atoms with van der Waals surface area (Å²) in [6.07, 6.45) is 1.67. The first kappa shape index (κ1) is 11.0. The molecule has 88 valence electrons. The van der Waals surface area contributed by atoms with Crippen LogP contribution in [0.2, 0.25) is 0 Å². The number of rotatable bonds is 0. The molecule has 0 saturated carbocycles. The minimum Gasteiger partial charge on any atom is -0.235 e. The van der Waals surface area contributed by atoms with Crippen molar-refractivity contribution in [1.82, 2.24) is 9.97 Å². The number of alkyl halides is 2. The molecule has 1 aliphatic rings. The normalized spacial score (nSPS) is 18.1. The van der Waals surface area contributed by atoms with Crippen molar-refractivity contribution >= 4 is 27.0 Å². The summed E-state index contributed by atoms with van der Waals surface area (Å²) in [5, 5.41) is 0.802. The maximum absolute atomic E-state index is 13.3. The van der Waals surface area contributed by atoms with Crippen molar-refractivity contribution < 1.29 is 8.78 Å². The number of hydrogen-bond donors (Lipinski definition) is 0. The van der Waals surface area contributed by atoms with Gasteiger partial charge in [-0.25, -0.2) is 18.7 Å². The monoisotopic (exact) mass is 298 g/mol. The summed E-state index contributed by atoms with van der Waals surface area (Å²) < 4.78 is 27.4. The van der Waals surface area contributed by atoms with Crippen LogP contribution < -0.4 is 0 Å². The second kappa shape index (κ2) is 3.70. The van der Waals surface area contributed by atoms with Crippen molar-refractivity contribution in [2.75, 3.05) is 0 Å². The van der Waals surface area contributed by atoms with E-state index >= 15 is 0 Å². The molecule has 0 atom stereocenters. The summed E-state index contributed by atoms with van der Waals surface area (Å²) in [7, 11) is 0. The van der Waals surface area contributed by atoms with E-state index < -0.39 is 5.92 Å². The van der Waals surface area contributed by atoms with E-state index in [1.54, 1.807) is 12.3 Å². The molecule has 5 heteroatoms. The smallest absolute Gasteiger partial charge is 0.235 e. The number of aryl methyl sites for hydroxylation is 1. The Morgan fingerprint density at radius 3 is 2.94 bits per heavy atom. The van der Waals surface area contributed by atoms with E-state index in [1.165, 1.54) is 0 Å². The fraction of sp³-hybridized carbons (Fsp3) is 0.333. The Labute approximate surface area is 105 Å². The molecule has 2 aromatic heterocycles. The Bertz CT molecular complexity index is 598. The topological polar surface area (TPSA) is 25.8 Å². The summed E-state index contributed by atoms with van der Waals surface area (Å²) in [6.45, 7) is 0. The van der Waals surface area contributed by atoms with E-state index in [2.05, 4.69) is 25.9 Å². The lowest BCUT2D eigenvalue weighted by Crippen LogP contribution is -2.26. The van der Waals surface area contributed by atoms with Crippen LogP contribution in [0.25, 0.3) is 11.0 Å². The standard InChI is InChI=1S/C12H9BrF2N2/c13-9-4-7-3-8-5-12(14,15)2-1-10(8)17-11(7)16-6-9/h3-4,6H,1-2,5H2. The van der Waals surface area contributed by atoms with E-state index in [0.29, 0.717) is 17.6 Å². The third kappa shape index (κ3) is 2.04. The van der Waals surface area contributed by atoms with Crippen LogP contribution in [0.4, 0.5) is 8.78 Å². The average Bonchev–Trinajstić information content (AvgIpc) is 2.25. The molecule has 0 bridgehead atoms. The number of aromatic nitrogens is 2. The second-order valence-electron chi connectivity index (χ2n) is 4.33. The minimum absolute atomic E-state index is 0.116. The molecule has 1 aliphatic carbocycles. The number of hydrogen-bond acceptors (Lipinski definition) is 2. The fourth-order valence-electron chi connectivity index (χ4n) is 2.16. The van der Waals surface area contributed by atoms with Gasteiger partial charge >= 0.3 is 0 Å². The van der Waals surface area contributed by atoms with Crippen LogP contribution in [0, 0.1) is 0 Å². The maximum Gasteiger partial charge on any atom is 0.252 e. The zero-order valence-electron chi connectivity index (χ0n) is 8.88. The molecule has 0 fully saturated rings. The first-order valence-corrected chi connectivity index (χ1v) is 6.15. The second-order valence-corrected chi connectivity index (χ2v) is 5.24. The van der Waals surface area contributed by atoms with Gasteiger partial charge in [0.25, 0.3) is 5.92 Å². The molecule has 0 aliphatic heterocycles. The van der Waals surface area contributed by atoms with Crippen molar-refractivity contribution in [2.24, 2.45) is 0 Å². The van der Waals surface area contributed by atoms with Crippen molar-refractivity contribution in [1.29, 1.82) is 0 Å². The fourth-order valence-corrected chi connectivity index (χ4v) is 2.50. The Morgan fingerprint density at radius 1 is 1.29 bits per heavy atom. The Hall–Kier alpha value is -1.10. The number of fused-ring (bicyclic) bond motifs is 2. The molecule has 0 N–H and O–H groups in total. The van der Waals surface area contributed by atoms with E-state index in [1.807, 2.05) is 6.07 Å². The van der Waals surface area contributed by atoms with Crippen molar-refractivity contribution in [3.63, 3.8) is 0 Å². The first-order valence-electron chi connectivity index (χ1n) is 5.35. The van der Waals surface area contributed by atoms with Gasteiger partial charge in [-0.2, -0.15) is 0 Å².